The van der Waals surface area contributed by atoms with Crippen molar-refractivity contribution in [1.82, 2.24) is 14.9 Å². The van der Waals surface area contributed by atoms with Crippen molar-refractivity contribution < 1.29 is 13.5 Å². The summed E-state index contributed by atoms with van der Waals surface area (Å²) in [5, 5.41) is 3.17. The highest BCUT2D eigenvalue weighted by Crippen LogP contribution is 2.19. The maximum Gasteiger partial charge on any atom is 0.296 e. The van der Waals surface area contributed by atoms with Gasteiger partial charge < -0.3 is 14.6 Å². The predicted octanol–water partition coefficient (Wildman–Crippen LogP) is 0.710. The lowest BCUT2D eigenvalue weighted by atomic mass is 10.2. The molecular weight excluding hydrogens is 204 g/mol. The molecule has 0 spiro atoms. The number of hydrogen-bond acceptors (Lipinski definition) is 3. The van der Waals surface area contributed by atoms with E-state index in [1.54, 1.807) is 11.6 Å². The second kappa shape index (κ2) is 4.14. The molecule has 1 aromatic rings. The standard InChI is InChI=1S/C9H13F2N3O/c1-14-7-2-3-12-4-6(7)13-9(14)15-5-8(10)11/h8,12H,2-5H2,1H3. The molecule has 0 unspecified atom stereocenters. The number of nitrogens with zero attached hydrogens (tertiary/aromatic N) is 2. The molecule has 0 atom stereocenters. The van der Waals surface area contributed by atoms with E-state index in [4.69, 9.17) is 4.74 Å². The van der Waals surface area contributed by atoms with E-state index in [0.29, 0.717) is 6.54 Å². The van der Waals surface area contributed by atoms with Gasteiger partial charge in [0.25, 0.3) is 12.4 Å². The van der Waals surface area contributed by atoms with Crippen LogP contribution in [0, 0.1) is 0 Å². The molecule has 0 fully saturated rings. The molecule has 4 nitrogen and oxygen atoms in total. The van der Waals surface area contributed by atoms with E-state index in [2.05, 4.69) is 10.3 Å². The van der Waals surface area contributed by atoms with Crippen LogP contribution in [0.15, 0.2) is 0 Å². The summed E-state index contributed by atoms with van der Waals surface area (Å²) in [6, 6.07) is 0.281. The average molecular weight is 217 g/mol. The Morgan fingerprint density at radius 1 is 1.60 bits per heavy atom. The highest BCUT2D eigenvalue weighted by Gasteiger charge is 2.18. The molecule has 84 valence electrons. The third kappa shape index (κ3) is 2.09. The number of hydrogen-bond donors (Lipinski definition) is 1. The van der Waals surface area contributed by atoms with Gasteiger partial charge in [-0.3, -0.25) is 0 Å². The van der Waals surface area contributed by atoms with Crippen molar-refractivity contribution >= 4 is 0 Å². The summed E-state index contributed by atoms with van der Waals surface area (Å²) in [6.45, 7) is 0.971. The summed E-state index contributed by atoms with van der Waals surface area (Å²) < 4.78 is 30.6. The van der Waals surface area contributed by atoms with Crippen LogP contribution in [0.2, 0.25) is 0 Å². The van der Waals surface area contributed by atoms with Crippen molar-refractivity contribution in [2.45, 2.75) is 19.4 Å². The third-order valence-electron chi connectivity index (χ3n) is 2.42. The zero-order valence-corrected chi connectivity index (χ0v) is 8.46. The van der Waals surface area contributed by atoms with Crippen LogP contribution in [0.25, 0.3) is 0 Å². The number of aromatic nitrogens is 2. The maximum absolute atomic E-state index is 12.0. The normalized spacial score (nSPS) is 15.5. The van der Waals surface area contributed by atoms with Gasteiger partial charge in [0.15, 0.2) is 6.61 Å². The van der Waals surface area contributed by atoms with Crippen molar-refractivity contribution in [1.29, 1.82) is 0 Å². The van der Waals surface area contributed by atoms with Crippen LogP contribution in [0.1, 0.15) is 11.4 Å². The number of rotatable bonds is 3. The number of halogens is 2. The van der Waals surface area contributed by atoms with Crippen LogP contribution in [0.3, 0.4) is 0 Å². The van der Waals surface area contributed by atoms with Crippen LogP contribution in [-0.2, 0) is 20.0 Å². The summed E-state index contributed by atoms with van der Waals surface area (Å²) in [7, 11) is 1.79. The van der Waals surface area contributed by atoms with Gasteiger partial charge in [-0.25, -0.2) is 8.78 Å². The van der Waals surface area contributed by atoms with Crippen LogP contribution in [0.4, 0.5) is 8.78 Å². The van der Waals surface area contributed by atoms with Crippen molar-refractivity contribution in [3.8, 4) is 6.01 Å². The number of alkyl halides is 2. The van der Waals surface area contributed by atoms with E-state index >= 15 is 0 Å². The number of ether oxygens (including phenoxy) is 1. The fraction of sp³-hybridized carbons (Fsp3) is 0.667. The molecule has 0 bridgehead atoms. The molecule has 1 aliphatic heterocycles. The summed E-state index contributed by atoms with van der Waals surface area (Å²) in [5.41, 5.74) is 1.96. The SMILES string of the molecule is Cn1c(OCC(F)F)nc2c1CCNC2. The summed E-state index contributed by atoms with van der Waals surface area (Å²) in [5.74, 6) is 0. The smallest absolute Gasteiger partial charge is 0.296 e. The lowest BCUT2D eigenvalue weighted by Crippen LogP contribution is -2.24. The Hall–Kier alpha value is -1.17. The first-order chi connectivity index (χ1) is 7.18. The molecule has 2 heterocycles. The molecule has 0 aliphatic carbocycles. The van der Waals surface area contributed by atoms with E-state index in [0.717, 1.165) is 24.4 Å². The van der Waals surface area contributed by atoms with Crippen LogP contribution in [0.5, 0.6) is 6.01 Å². The van der Waals surface area contributed by atoms with Gasteiger partial charge in [0.2, 0.25) is 0 Å². The fourth-order valence-corrected chi connectivity index (χ4v) is 1.70. The first-order valence-electron chi connectivity index (χ1n) is 4.84. The Bertz CT molecular complexity index is 351. The van der Waals surface area contributed by atoms with Crippen LogP contribution in [-0.4, -0.2) is 29.1 Å². The summed E-state index contributed by atoms with van der Waals surface area (Å²) >= 11 is 0. The first kappa shape index (κ1) is 10.4. The molecule has 0 saturated carbocycles. The highest BCUT2D eigenvalue weighted by molar-refractivity contribution is 5.22. The van der Waals surface area contributed by atoms with E-state index in [1.807, 2.05) is 0 Å². The summed E-state index contributed by atoms with van der Waals surface area (Å²) in [4.78, 5) is 4.17. The van der Waals surface area contributed by atoms with Gasteiger partial charge in [0.1, 0.15) is 0 Å². The number of imidazole rings is 1. The first-order valence-corrected chi connectivity index (χ1v) is 4.84. The molecule has 1 aromatic heterocycles. The molecule has 15 heavy (non-hydrogen) atoms. The van der Waals surface area contributed by atoms with Crippen LogP contribution < -0.4 is 10.1 Å². The van der Waals surface area contributed by atoms with Crippen LogP contribution >= 0.6 is 0 Å². The van der Waals surface area contributed by atoms with Gasteiger partial charge in [-0.2, -0.15) is 4.98 Å². The highest BCUT2D eigenvalue weighted by atomic mass is 19.3. The second-order valence-corrected chi connectivity index (χ2v) is 3.48. The maximum atomic E-state index is 12.0. The molecule has 2 rings (SSSR count). The quantitative estimate of drug-likeness (QED) is 0.810. The molecule has 6 heteroatoms. The summed E-state index contributed by atoms with van der Waals surface area (Å²) in [6.07, 6.45) is -1.60. The Morgan fingerprint density at radius 2 is 2.40 bits per heavy atom. The van der Waals surface area contributed by atoms with Gasteiger partial charge in [0, 0.05) is 32.3 Å². The van der Waals surface area contributed by atoms with Gasteiger partial charge >= 0.3 is 0 Å². The topological polar surface area (TPSA) is 39.1 Å². The number of nitrogens with one attached hydrogen (secondary N) is 1. The molecular formula is C9H13F2N3O. The van der Waals surface area contributed by atoms with Gasteiger partial charge in [0.05, 0.1) is 5.69 Å². The number of fused-ring (bicyclic) bond motifs is 1. The Labute approximate surface area is 86.2 Å². The predicted molar refractivity (Wildman–Crippen MR) is 50.1 cm³/mol. The monoisotopic (exact) mass is 217 g/mol. The minimum Gasteiger partial charge on any atom is -0.459 e. The van der Waals surface area contributed by atoms with Gasteiger partial charge in [-0.15, -0.1) is 0 Å². The molecule has 1 N–H and O–H groups in total. The fourth-order valence-electron chi connectivity index (χ4n) is 1.70. The van der Waals surface area contributed by atoms with E-state index in [-0.39, 0.29) is 6.01 Å². The van der Waals surface area contributed by atoms with Gasteiger partial charge in [-0.1, -0.05) is 0 Å². The zero-order chi connectivity index (χ0) is 10.8. The van der Waals surface area contributed by atoms with E-state index in [9.17, 15) is 8.78 Å². The van der Waals surface area contributed by atoms with Crippen molar-refractivity contribution in [3.05, 3.63) is 11.4 Å². The lowest BCUT2D eigenvalue weighted by molar-refractivity contribution is 0.0754. The molecule has 0 amide bonds. The molecule has 0 aromatic carbocycles. The largest absolute Gasteiger partial charge is 0.459 e. The molecule has 1 aliphatic rings. The molecule has 0 radical (unpaired) electrons. The Morgan fingerprint density at radius 3 is 3.07 bits per heavy atom. The average Bonchev–Trinajstić information content (AvgIpc) is 2.54. The van der Waals surface area contributed by atoms with Crippen molar-refractivity contribution in [2.24, 2.45) is 7.05 Å². The van der Waals surface area contributed by atoms with E-state index < -0.39 is 13.0 Å². The Balaban J connectivity index is 2.14. The Kier molecular flexibility index (Phi) is 2.86. The van der Waals surface area contributed by atoms with E-state index in [1.165, 1.54) is 0 Å². The van der Waals surface area contributed by atoms with Crippen molar-refractivity contribution in [3.63, 3.8) is 0 Å². The molecule has 0 saturated heterocycles. The minimum atomic E-state index is -2.46. The third-order valence-corrected chi connectivity index (χ3v) is 2.42. The minimum absolute atomic E-state index is 0.281. The zero-order valence-electron chi connectivity index (χ0n) is 8.46. The van der Waals surface area contributed by atoms with Gasteiger partial charge in [-0.05, 0) is 0 Å². The second-order valence-electron chi connectivity index (χ2n) is 3.48. The lowest BCUT2D eigenvalue weighted by Gasteiger charge is -2.12. The van der Waals surface area contributed by atoms with Crippen molar-refractivity contribution in [2.75, 3.05) is 13.2 Å².